The van der Waals surface area contributed by atoms with Crippen LogP contribution in [0, 0.1) is 0 Å². The molecular formula is C14H20N2O4. The molecule has 6 heteroatoms. The van der Waals surface area contributed by atoms with Gasteiger partial charge in [0.2, 0.25) is 5.91 Å². The summed E-state index contributed by atoms with van der Waals surface area (Å²) in [5.74, 6) is -1.07. The number of carbonyl (C=O) groups excluding carboxylic acids is 1. The molecule has 0 unspecified atom stereocenters. The van der Waals surface area contributed by atoms with Crippen molar-refractivity contribution in [3.63, 3.8) is 0 Å². The summed E-state index contributed by atoms with van der Waals surface area (Å²) >= 11 is 0. The van der Waals surface area contributed by atoms with E-state index < -0.39 is 5.97 Å². The number of benzene rings is 1. The standard InChI is InChI=1S/C14H20N2O4/c1-16(10-13(17)15-7-8-20-2)9-11-5-3-4-6-12(11)14(18)19/h3-6H,7-10H2,1-2H3,(H,15,17)(H,18,19). The summed E-state index contributed by atoms with van der Waals surface area (Å²) in [5.41, 5.74) is 0.950. The molecule has 0 aliphatic heterocycles. The second-order valence-corrected chi connectivity index (χ2v) is 4.48. The van der Waals surface area contributed by atoms with E-state index >= 15 is 0 Å². The maximum atomic E-state index is 11.6. The molecule has 110 valence electrons. The lowest BCUT2D eigenvalue weighted by Gasteiger charge is -2.17. The van der Waals surface area contributed by atoms with Crippen molar-refractivity contribution in [2.75, 3.05) is 33.9 Å². The number of rotatable bonds is 8. The first-order valence-electron chi connectivity index (χ1n) is 6.30. The Morgan fingerprint density at radius 2 is 2.05 bits per heavy atom. The van der Waals surface area contributed by atoms with Crippen molar-refractivity contribution < 1.29 is 19.4 Å². The molecule has 0 saturated carbocycles. The third kappa shape index (κ3) is 5.38. The van der Waals surface area contributed by atoms with Gasteiger partial charge in [-0.2, -0.15) is 0 Å². The van der Waals surface area contributed by atoms with E-state index in [4.69, 9.17) is 9.84 Å². The summed E-state index contributed by atoms with van der Waals surface area (Å²) in [6.45, 7) is 1.55. The number of methoxy groups -OCH3 is 1. The minimum absolute atomic E-state index is 0.114. The number of nitrogens with zero attached hydrogens (tertiary/aromatic N) is 1. The summed E-state index contributed by atoms with van der Waals surface area (Å²) in [4.78, 5) is 24.5. The lowest BCUT2D eigenvalue weighted by Crippen LogP contribution is -2.36. The first kappa shape index (κ1) is 16.1. The van der Waals surface area contributed by atoms with Crippen molar-refractivity contribution in [2.24, 2.45) is 0 Å². The summed E-state index contributed by atoms with van der Waals surface area (Å²) < 4.78 is 4.84. The maximum absolute atomic E-state index is 11.6. The molecule has 0 aliphatic carbocycles. The van der Waals surface area contributed by atoms with E-state index in [0.717, 1.165) is 0 Å². The molecule has 2 N–H and O–H groups in total. The number of aromatic carboxylic acids is 1. The van der Waals surface area contributed by atoms with E-state index in [9.17, 15) is 9.59 Å². The second kappa shape index (κ2) is 8.29. The summed E-state index contributed by atoms with van der Waals surface area (Å²) in [5, 5.41) is 11.8. The monoisotopic (exact) mass is 280 g/mol. The van der Waals surface area contributed by atoms with Gasteiger partial charge in [0.25, 0.3) is 0 Å². The molecule has 0 atom stereocenters. The smallest absolute Gasteiger partial charge is 0.336 e. The van der Waals surface area contributed by atoms with Gasteiger partial charge in [-0.3, -0.25) is 9.69 Å². The fourth-order valence-corrected chi connectivity index (χ4v) is 1.81. The predicted molar refractivity (Wildman–Crippen MR) is 74.6 cm³/mol. The Labute approximate surface area is 118 Å². The van der Waals surface area contributed by atoms with Crippen LogP contribution in [0.3, 0.4) is 0 Å². The first-order chi connectivity index (χ1) is 9.54. The average molecular weight is 280 g/mol. The Bertz CT molecular complexity index is 462. The van der Waals surface area contributed by atoms with Crippen LogP contribution in [-0.4, -0.2) is 55.7 Å². The van der Waals surface area contributed by atoms with Crippen molar-refractivity contribution in [2.45, 2.75) is 6.54 Å². The molecule has 1 aromatic carbocycles. The van der Waals surface area contributed by atoms with E-state index in [1.54, 1.807) is 43.3 Å². The van der Waals surface area contributed by atoms with Crippen molar-refractivity contribution in [3.8, 4) is 0 Å². The lowest BCUT2D eigenvalue weighted by molar-refractivity contribution is -0.122. The van der Waals surface area contributed by atoms with Gasteiger partial charge in [-0.05, 0) is 18.7 Å². The zero-order valence-corrected chi connectivity index (χ0v) is 11.8. The van der Waals surface area contributed by atoms with Gasteiger partial charge in [0, 0.05) is 20.2 Å². The molecule has 1 aromatic rings. The molecule has 0 saturated heterocycles. The molecule has 0 fully saturated rings. The lowest BCUT2D eigenvalue weighted by atomic mass is 10.1. The SMILES string of the molecule is COCCNC(=O)CN(C)Cc1ccccc1C(=O)O. The van der Waals surface area contributed by atoms with Gasteiger partial charge in [-0.25, -0.2) is 4.79 Å². The minimum Gasteiger partial charge on any atom is -0.478 e. The fraction of sp³-hybridized carbons (Fsp3) is 0.429. The minimum atomic E-state index is -0.960. The number of carboxylic acid groups (broad SMARTS) is 1. The van der Waals surface area contributed by atoms with Crippen molar-refractivity contribution >= 4 is 11.9 Å². The van der Waals surface area contributed by atoms with Gasteiger partial charge in [0.1, 0.15) is 0 Å². The van der Waals surface area contributed by atoms with Crippen LogP contribution in [0.1, 0.15) is 15.9 Å². The number of likely N-dealkylation sites (N-methyl/N-ethyl adjacent to an activating group) is 1. The van der Waals surface area contributed by atoms with Crippen LogP contribution >= 0.6 is 0 Å². The molecule has 20 heavy (non-hydrogen) atoms. The highest BCUT2D eigenvalue weighted by atomic mass is 16.5. The highest BCUT2D eigenvalue weighted by Crippen LogP contribution is 2.10. The topological polar surface area (TPSA) is 78.9 Å². The number of nitrogens with one attached hydrogen (secondary N) is 1. The van der Waals surface area contributed by atoms with E-state index in [-0.39, 0.29) is 18.0 Å². The summed E-state index contributed by atoms with van der Waals surface area (Å²) in [6.07, 6.45) is 0. The maximum Gasteiger partial charge on any atom is 0.336 e. The van der Waals surface area contributed by atoms with Gasteiger partial charge < -0.3 is 15.2 Å². The number of hydrogen-bond donors (Lipinski definition) is 2. The Morgan fingerprint density at radius 1 is 1.35 bits per heavy atom. The quantitative estimate of drug-likeness (QED) is 0.681. The third-order valence-corrected chi connectivity index (χ3v) is 2.73. The molecule has 0 spiro atoms. The Kier molecular flexibility index (Phi) is 6.69. The van der Waals surface area contributed by atoms with Gasteiger partial charge in [-0.15, -0.1) is 0 Å². The molecule has 1 rings (SSSR count). The van der Waals surface area contributed by atoms with Crippen molar-refractivity contribution in [1.29, 1.82) is 0 Å². The Hall–Kier alpha value is -1.92. The van der Waals surface area contributed by atoms with Crippen LogP contribution in [-0.2, 0) is 16.1 Å². The van der Waals surface area contributed by atoms with E-state index in [1.807, 2.05) is 0 Å². The molecule has 0 aromatic heterocycles. The predicted octanol–water partition coefficient (Wildman–Crippen LogP) is 0.579. The molecule has 0 radical (unpaired) electrons. The largest absolute Gasteiger partial charge is 0.478 e. The van der Waals surface area contributed by atoms with Gasteiger partial charge in [-0.1, -0.05) is 18.2 Å². The van der Waals surface area contributed by atoms with Crippen LogP contribution in [0.25, 0.3) is 0 Å². The number of carboxylic acids is 1. The molecule has 0 bridgehead atoms. The highest BCUT2D eigenvalue weighted by molar-refractivity contribution is 5.89. The number of carbonyl (C=O) groups is 2. The fourth-order valence-electron chi connectivity index (χ4n) is 1.81. The summed E-state index contributed by atoms with van der Waals surface area (Å²) in [6, 6.07) is 6.78. The van der Waals surface area contributed by atoms with E-state index in [0.29, 0.717) is 25.3 Å². The second-order valence-electron chi connectivity index (χ2n) is 4.48. The van der Waals surface area contributed by atoms with Gasteiger partial charge >= 0.3 is 5.97 Å². The van der Waals surface area contributed by atoms with Gasteiger partial charge in [0.15, 0.2) is 0 Å². The molecule has 0 aliphatic rings. The molecule has 0 heterocycles. The molecular weight excluding hydrogens is 260 g/mol. The van der Waals surface area contributed by atoms with Crippen LogP contribution in [0.2, 0.25) is 0 Å². The number of hydrogen-bond acceptors (Lipinski definition) is 4. The molecule has 6 nitrogen and oxygen atoms in total. The number of ether oxygens (including phenoxy) is 1. The highest BCUT2D eigenvalue weighted by Gasteiger charge is 2.12. The van der Waals surface area contributed by atoms with Crippen molar-refractivity contribution in [1.82, 2.24) is 10.2 Å². The normalized spacial score (nSPS) is 10.6. The zero-order chi connectivity index (χ0) is 15.0. The zero-order valence-electron chi connectivity index (χ0n) is 11.8. The van der Waals surface area contributed by atoms with Crippen molar-refractivity contribution in [3.05, 3.63) is 35.4 Å². The third-order valence-electron chi connectivity index (χ3n) is 2.73. The number of amides is 1. The molecule has 1 amide bonds. The first-order valence-corrected chi connectivity index (χ1v) is 6.30. The van der Waals surface area contributed by atoms with Gasteiger partial charge in [0.05, 0.1) is 18.7 Å². The Balaban J connectivity index is 2.52. The van der Waals surface area contributed by atoms with E-state index in [2.05, 4.69) is 5.32 Å². The van der Waals surface area contributed by atoms with E-state index in [1.165, 1.54) is 0 Å². The van der Waals surface area contributed by atoms with Crippen LogP contribution < -0.4 is 5.32 Å². The summed E-state index contributed by atoms with van der Waals surface area (Å²) in [7, 11) is 3.34. The average Bonchev–Trinajstić information content (AvgIpc) is 2.39. The van der Waals surface area contributed by atoms with Crippen LogP contribution in [0.5, 0.6) is 0 Å². The van der Waals surface area contributed by atoms with Crippen LogP contribution in [0.4, 0.5) is 0 Å². The van der Waals surface area contributed by atoms with Crippen LogP contribution in [0.15, 0.2) is 24.3 Å². The Morgan fingerprint density at radius 3 is 2.70 bits per heavy atom.